The van der Waals surface area contributed by atoms with Crippen LogP contribution in [0.1, 0.15) is 49.6 Å². The number of aromatic amines is 1. The first-order valence-electron chi connectivity index (χ1n) is 10.6. The number of ether oxygens (including phenoxy) is 1. The number of nitrogens with one attached hydrogen (secondary N) is 3. The molecular formula is C24H29N3O3. The lowest BCUT2D eigenvalue weighted by molar-refractivity contribution is -0.114. The molecule has 6 heteroatoms. The van der Waals surface area contributed by atoms with Gasteiger partial charge in [-0.2, -0.15) is 0 Å². The number of fused-ring (bicyclic) bond motifs is 3. The monoisotopic (exact) mass is 407 g/mol. The number of aliphatic hydroxyl groups excluding tert-OH is 1. The zero-order valence-corrected chi connectivity index (χ0v) is 17.5. The summed E-state index contributed by atoms with van der Waals surface area (Å²) in [4.78, 5) is 15.3. The molecule has 1 amide bonds. The van der Waals surface area contributed by atoms with Crippen molar-refractivity contribution < 1.29 is 14.6 Å². The third-order valence-corrected chi connectivity index (χ3v) is 5.59. The standard InChI is InChI=1S/C24H29N3O3/c1-15(28)17-7-3-5-9-20(17)25-11-12-30-24-14-22-19(13-23(24)26-16(2)29)18-8-4-6-10-21(18)27-22/h3,5,7,9,13-15,25,27-28H,4,6,8,10-12H2,1-2H3,(H,26,29). The van der Waals surface area contributed by atoms with Gasteiger partial charge < -0.3 is 25.5 Å². The van der Waals surface area contributed by atoms with E-state index in [4.69, 9.17) is 4.74 Å². The predicted molar refractivity (Wildman–Crippen MR) is 120 cm³/mol. The lowest BCUT2D eigenvalue weighted by atomic mass is 9.95. The maximum absolute atomic E-state index is 11.7. The van der Waals surface area contributed by atoms with Crippen molar-refractivity contribution in [3.63, 3.8) is 0 Å². The van der Waals surface area contributed by atoms with Crippen LogP contribution in [0.2, 0.25) is 0 Å². The molecular weight excluding hydrogens is 378 g/mol. The molecule has 0 bridgehead atoms. The number of rotatable bonds is 7. The molecule has 1 atom stereocenters. The van der Waals surface area contributed by atoms with Crippen LogP contribution in [-0.2, 0) is 17.6 Å². The van der Waals surface area contributed by atoms with E-state index in [1.807, 2.05) is 36.4 Å². The van der Waals surface area contributed by atoms with Gasteiger partial charge in [-0.3, -0.25) is 4.79 Å². The Morgan fingerprint density at radius 3 is 2.80 bits per heavy atom. The van der Waals surface area contributed by atoms with E-state index in [0.29, 0.717) is 24.6 Å². The van der Waals surface area contributed by atoms with Gasteiger partial charge in [0.2, 0.25) is 5.91 Å². The maximum atomic E-state index is 11.7. The van der Waals surface area contributed by atoms with Gasteiger partial charge in [0.05, 0.1) is 11.8 Å². The Hall–Kier alpha value is -2.99. The molecule has 1 aliphatic rings. The van der Waals surface area contributed by atoms with E-state index in [0.717, 1.165) is 29.6 Å². The van der Waals surface area contributed by atoms with Gasteiger partial charge in [-0.05, 0) is 50.3 Å². The molecule has 0 saturated carbocycles. The van der Waals surface area contributed by atoms with Crippen molar-refractivity contribution in [3.05, 3.63) is 53.2 Å². The van der Waals surface area contributed by atoms with E-state index in [1.165, 1.54) is 36.4 Å². The van der Waals surface area contributed by atoms with Crippen molar-refractivity contribution in [2.75, 3.05) is 23.8 Å². The van der Waals surface area contributed by atoms with Crippen LogP contribution in [0.4, 0.5) is 11.4 Å². The molecule has 1 aliphatic carbocycles. The van der Waals surface area contributed by atoms with Gasteiger partial charge in [-0.25, -0.2) is 0 Å². The zero-order valence-electron chi connectivity index (χ0n) is 17.5. The van der Waals surface area contributed by atoms with Crippen molar-refractivity contribution in [1.82, 2.24) is 4.98 Å². The number of hydrogen-bond donors (Lipinski definition) is 4. The summed E-state index contributed by atoms with van der Waals surface area (Å²) in [5, 5.41) is 17.3. The normalized spacial score (nSPS) is 14.2. The number of aliphatic hydroxyl groups is 1. The van der Waals surface area contributed by atoms with Crippen LogP contribution in [0.5, 0.6) is 5.75 Å². The number of benzene rings is 2. The first-order chi connectivity index (χ1) is 14.5. The number of anilines is 2. The van der Waals surface area contributed by atoms with Crippen LogP contribution in [0.3, 0.4) is 0 Å². The summed E-state index contributed by atoms with van der Waals surface area (Å²) in [5.41, 5.74) is 6.18. The number of amides is 1. The molecule has 0 radical (unpaired) electrons. The highest BCUT2D eigenvalue weighted by molar-refractivity contribution is 5.96. The summed E-state index contributed by atoms with van der Waals surface area (Å²) in [7, 11) is 0. The minimum Gasteiger partial charge on any atom is -0.489 e. The molecule has 2 aromatic carbocycles. The Balaban J connectivity index is 1.51. The molecule has 0 fully saturated rings. The van der Waals surface area contributed by atoms with Crippen LogP contribution in [0, 0.1) is 0 Å². The Kier molecular flexibility index (Phi) is 5.95. The summed E-state index contributed by atoms with van der Waals surface area (Å²) >= 11 is 0. The third kappa shape index (κ3) is 4.28. The lowest BCUT2D eigenvalue weighted by Gasteiger charge is -2.16. The summed E-state index contributed by atoms with van der Waals surface area (Å²) in [6.07, 6.45) is 4.01. The second kappa shape index (κ2) is 8.79. The van der Waals surface area contributed by atoms with E-state index < -0.39 is 6.10 Å². The Bertz CT molecular complexity index is 1060. The molecule has 4 rings (SSSR count). The smallest absolute Gasteiger partial charge is 0.221 e. The quantitative estimate of drug-likeness (QED) is 0.433. The van der Waals surface area contributed by atoms with Crippen molar-refractivity contribution in [3.8, 4) is 5.75 Å². The van der Waals surface area contributed by atoms with Crippen LogP contribution in [0.25, 0.3) is 10.9 Å². The highest BCUT2D eigenvalue weighted by Crippen LogP contribution is 2.36. The predicted octanol–water partition coefficient (Wildman–Crippen LogP) is 4.55. The Labute approximate surface area is 176 Å². The van der Waals surface area contributed by atoms with Crippen molar-refractivity contribution >= 4 is 28.2 Å². The molecule has 30 heavy (non-hydrogen) atoms. The van der Waals surface area contributed by atoms with Gasteiger partial charge in [0.25, 0.3) is 0 Å². The molecule has 0 spiro atoms. The highest BCUT2D eigenvalue weighted by atomic mass is 16.5. The molecule has 0 saturated heterocycles. The van der Waals surface area contributed by atoms with Crippen LogP contribution < -0.4 is 15.4 Å². The van der Waals surface area contributed by atoms with E-state index in [9.17, 15) is 9.90 Å². The van der Waals surface area contributed by atoms with E-state index >= 15 is 0 Å². The highest BCUT2D eigenvalue weighted by Gasteiger charge is 2.18. The van der Waals surface area contributed by atoms with Crippen molar-refractivity contribution in [1.29, 1.82) is 0 Å². The molecule has 6 nitrogen and oxygen atoms in total. The average Bonchev–Trinajstić information content (AvgIpc) is 3.08. The topological polar surface area (TPSA) is 86.4 Å². The summed E-state index contributed by atoms with van der Waals surface area (Å²) < 4.78 is 6.04. The molecule has 0 aliphatic heterocycles. The number of para-hydroxylation sites is 1. The van der Waals surface area contributed by atoms with Crippen molar-refractivity contribution in [2.45, 2.75) is 45.6 Å². The van der Waals surface area contributed by atoms with Crippen LogP contribution in [0.15, 0.2) is 36.4 Å². The number of hydrogen-bond acceptors (Lipinski definition) is 4. The Morgan fingerprint density at radius 2 is 2.00 bits per heavy atom. The largest absolute Gasteiger partial charge is 0.489 e. The van der Waals surface area contributed by atoms with E-state index in [2.05, 4.69) is 15.6 Å². The second-order valence-electron chi connectivity index (χ2n) is 7.90. The van der Waals surface area contributed by atoms with Gasteiger partial charge in [-0.1, -0.05) is 18.2 Å². The fourth-order valence-electron chi connectivity index (χ4n) is 4.21. The second-order valence-corrected chi connectivity index (χ2v) is 7.90. The number of aryl methyl sites for hydroxylation is 2. The van der Waals surface area contributed by atoms with Gasteiger partial charge >= 0.3 is 0 Å². The number of carbonyl (C=O) groups excluding carboxylic acids is 1. The molecule has 4 N–H and O–H groups in total. The minimum atomic E-state index is -0.540. The van der Waals surface area contributed by atoms with Crippen LogP contribution >= 0.6 is 0 Å². The van der Waals surface area contributed by atoms with Crippen molar-refractivity contribution in [2.24, 2.45) is 0 Å². The van der Waals surface area contributed by atoms with E-state index in [1.54, 1.807) is 6.92 Å². The summed E-state index contributed by atoms with van der Waals surface area (Å²) in [6, 6.07) is 11.7. The number of H-pyrrole nitrogens is 1. The summed E-state index contributed by atoms with van der Waals surface area (Å²) in [5.74, 6) is 0.537. The van der Waals surface area contributed by atoms with Gasteiger partial charge in [0.1, 0.15) is 12.4 Å². The fraction of sp³-hybridized carbons (Fsp3) is 0.375. The number of aromatic nitrogens is 1. The first kappa shape index (κ1) is 20.3. The molecule has 3 aromatic rings. The lowest BCUT2D eigenvalue weighted by Crippen LogP contribution is -2.14. The zero-order chi connectivity index (χ0) is 21.1. The van der Waals surface area contributed by atoms with E-state index in [-0.39, 0.29) is 5.91 Å². The first-order valence-corrected chi connectivity index (χ1v) is 10.6. The van der Waals surface area contributed by atoms with Crippen LogP contribution in [-0.4, -0.2) is 29.1 Å². The Morgan fingerprint density at radius 1 is 1.20 bits per heavy atom. The van der Waals surface area contributed by atoms with Gasteiger partial charge in [0.15, 0.2) is 0 Å². The summed E-state index contributed by atoms with van der Waals surface area (Å²) in [6.45, 7) is 4.26. The minimum absolute atomic E-state index is 0.118. The molecule has 1 aromatic heterocycles. The fourth-order valence-corrected chi connectivity index (χ4v) is 4.21. The maximum Gasteiger partial charge on any atom is 0.221 e. The number of carbonyl (C=O) groups is 1. The SMILES string of the molecule is CC(=O)Nc1cc2c3c([nH]c2cc1OCCNc1ccccc1C(C)O)CCCC3. The molecule has 158 valence electrons. The molecule has 1 unspecified atom stereocenters. The van der Waals surface area contributed by atoms with Gasteiger partial charge in [-0.15, -0.1) is 0 Å². The van der Waals surface area contributed by atoms with Gasteiger partial charge in [0, 0.05) is 47.4 Å². The third-order valence-electron chi connectivity index (χ3n) is 5.59. The molecule has 1 heterocycles. The average molecular weight is 408 g/mol.